The zero-order valence-corrected chi connectivity index (χ0v) is 13.5. The van der Waals surface area contributed by atoms with Gasteiger partial charge >= 0.3 is 0 Å². The Kier molecular flexibility index (Phi) is 4.43. The van der Waals surface area contributed by atoms with E-state index in [1.54, 1.807) is 0 Å². The summed E-state index contributed by atoms with van der Waals surface area (Å²) in [5, 5.41) is 5.49. The lowest BCUT2D eigenvalue weighted by Gasteiger charge is -2.27. The largest absolute Gasteiger partial charge is 0.313 e. The summed E-state index contributed by atoms with van der Waals surface area (Å²) in [5.74, 6) is 0. The number of likely N-dealkylation sites (N-methyl/N-ethyl adjacent to an activating group) is 1. The number of benzene rings is 1. The zero-order chi connectivity index (χ0) is 14.8. The van der Waals surface area contributed by atoms with Crippen molar-refractivity contribution >= 4 is 22.5 Å². The molecule has 0 spiro atoms. The summed E-state index contributed by atoms with van der Waals surface area (Å²) in [6, 6.07) is 6.10. The van der Waals surface area contributed by atoms with Gasteiger partial charge in [-0.15, -0.1) is 0 Å². The molecular weight excluding hydrogens is 282 g/mol. The smallest absolute Gasteiger partial charge is 0.0894 e. The number of nitrogens with one attached hydrogen (secondary N) is 1. The first-order valence-electron chi connectivity index (χ1n) is 7.68. The van der Waals surface area contributed by atoms with Gasteiger partial charge in [-0.25, -0.2) is 0 Å². The molecule has 4 heteroatoms. The molecule has 1 aliphatic heterocycles. The Bertz CT molecular complexity index is 654. The number of pyridine rings is 1. The lowest BCUT2D eigenvalue weighted by Crippen LogP contribution is -2.29. The molecule has 0 saturated carbocycles. The van der Waals surface area contributed by atoms with Crippen molar-refractivity contribution in [1.82, 2.24) is 15.2 Å². The number of para-hydroxylation sites is 1. The predicted molar refractivity (Wildman–Crippen MR) is 88.8 cm³/mol. The summed E-state index contributed by atoms with van der Waals surface area (Å²) in [6.07, 6.45) is 2.15. The first kappa shape index (κ1) is 14.8. The molecule has 1 aromatic heterocycles. The Morgan fingerprint density at radius 1 is 1.38 bits per heavy atom. The number of halogens is 1. The van der Waals surface area contributed by atoms with Gasteiger partial charge < -0.3 is 10.2 Å². The molecule has 0 amide bonds. The average molecular weight is 304 g/mol. The molecule has 1 N–H and O–H groups in total. The number of rotatable bonds is 4. The summed E-state index contributed by atoms with van der Waals surface area (Å²) in [7, 11) is 2.17. The highest BCUT2D eigenvalue weighted by Gasteiger charge is 2.21. The van der Waals surface area contributed by atoms with E-state index in [0.717, 1.165) is 49.6 Å². The fourth-order valence-corrected chi connectivity index (χ4v) is 3.26. The number of aromatic nitrogens is 1. The van der Waals surface area contributed by atoms with Crippen LogP contribution in [-0.4, -0.2) is 30.0 Å². The van der Waals surface area contributed by atoms with Crippen LogP contribution >= 0.6 is 11.6 Å². The molecule has 3 nitrogen and oxygen atoms in total. The van der Waals surface area contributed by atoms with Crippen LogP contribution in [0.1, 0.15) is 30.2 Å². The SMILES string of the molecule is CCCNCc1c2c(nc3c(Cl)cccc13)CCN(C)C2. The number of hydrogen-bond acceptors (Lipinski definition) is 3. The van der Waals surface area contributed by atoms with E-state index in [1.807, 2.05) is 12.1 Å². The second kappa shape index (κ2) is 6.30. The fourth-order valence-electron chi connectivity index (χ4n) is 3.04. The first-order chi connectivity index (χ1) is 10.2. The molecule has 0 saturated heterocycles. The van der Waals surface area contributed by atoms with Gasteiger partial charge in [-0.05, 0) is 37.2 Å². The van der Waals surface area contributed by atoms with Crippen LogP contribution in [0.25, 0.3) is 10.9 Å². The van der Waals surface area contributed by atoms with E-state index in [-0.39, 0.29) is 0 Å². The Morgan fingerprint density at radius 3 is 3.05 bits per heavy atom. The van der Waals surface area contributed by atoms with Crippen molar-refractivity contribution in [2.24, 2.45) is 0 Å². The lowest BCUT2D eigenvalue weighted by molar-refractivity contribution is 0.308. The highest BCUT2D eigenvalue weighted by atomic mass is 35.5. The van der Waals surface area contributed by atoms with Crippen LogP contribution in [0.2, 0.25) is 5.02 Å². The van der Waals surface area contributed by atoms with Crippen LogP contribution in [0.3, 0.4) is 0 Å². The van der Waals surface area contributed by atoms with Gasteiger partial charge in [0.15, 0.2) is 0 Å². The predicted octanol–water partition coefficient (Wildman–Crippen LogP) is 3.38. The second-order valence-electron chi connectivity index (χ2n) is 5.82. The molecule has 21 heavy (non-hydrogen) atoms. The molecule has 1 aromatic carbocycles. The van der Waals surface area contributed by atoms with E-state index in [1.165, 1.54) is 22.2 Å². The van der Waals surface area contributed by atoms with Gasteiger partial charge in [-0.1, -0.05) is 30.7 Å². The van der Waals surface area contributed by atoms with Crippen molar-refractivity contribution in [1.29, 1.82) is 0 Å². The average Bonchev–Trinajstić information content (AvgIpc) is 2.48. The highest BCUT2D eigenvalue weighted by molar-refractivity contribution is 6.35. The summed E-state index contributed by atoms with van der Waals surface area (Å²) >= 11 is 6.37. The molecule has 0 radical (unpaired) electrons. The molecule has 0 atom stereocenters. The molecule has 2 aromatic rings. The minimum Gasteiger partial charge on any atom is -0.313 e. The topological polar surface area (TPSA) is 28.2 Å². The maximum atomic E-state index is 6.37. The summed E-state index contributed by atoms with van der Waals surface area (Å²) in [6.45, 7) is 6.17. The molecule has 112 valence electrons. The highest BCUT2D eigenvalue weighted by Crippen LogP contribution is 2.31. The van der Waals surface area contributed by atoms with Crippen LogP contribution in [-0.2, 0) is 19.5 Å². The van der Waals surface area contributed by atoms with E-state index in [0.29, 0.717) is 0 Å². The van der Waals surface area contributed by atoms with E-state index in [4.69, 9.17) is 16.6 Å². The molecule has 0 aliphatic carbocycles. The molecule has 2 heterocycles. The van der Waals surface area contributed by atoms with Gasteiger partial charge in [0, 0.05) is 37.1 Å². The Hall–Kier alpha value is -1.16. The third-order valence-electron chi connectivity index (χ3n) is 4.16. The first-order valence-corrected chi connectivity index (χ1v) is 8.06. The maximum Gasteiger partial charge on any atom is 0.0894 e. The Morgan fingerprint density at radius 2 is 2.24 bits per heavy atom. The van der Waals surface area contributed by atoms with Gasteiger partial charge in [0.25, 0.3) is 0 Å². The fraction of sp³-hybridized carbons (Fsp3) is 0.471. The third-order valence-corrected chi connectivity index (χ3v) is 4.46. The number of hydrogen-bond donors (Lipinski definition) is 1. The van der Waals surface area contributed by atoms with E-state index in [2.05, 4.69) is 30.3 Å². The number of nitrogens with zero attached hydrogens (tertiary/aromatic N) is 2. The van der Waals surface area contributed by atoms with Crippen LogP contribution in [0.5, 0.6) is 0 Å². The third kappa shape index (κ3) is 2.91. The van der Waals surface area contributed by atoms with E-state index >= 15 is 0 Å². The van der Waals surface area contributed by atoms with Crippen molar-refractivity contribution in [3.05, 3.63) is 40.0 Å². The van der Waals surface area contributed by atoms with Crippen molar-refractivity contribution in [2.45, 2.75) is 32.9 Å². The van der Waals surface area contributed by atoms with Crippen LogP contribution in [0.4, 0.5) is 0 Å². The molecule has 3 rings (SSSR count). The van der Waals surface area contributed by atoms with Gasteiger partial charge in [-0.3, -0.25) is 4.98 Å². The van der Waals surface area contributed by atoms with Gasteiger partial charge in [0.05, 0.1) is 10.5 Å². The maximum absolute atomic E-state index is 6.37. The van der Waals surface area contributed by atoms with Crippen LogP contribution in [0, 0.1) is 0 Å². The van der Waals surface area contributed by atoms with Crippen LogP contribution in [0.15, 0.2) is 18.2 Å². The normalized spacial score (nSPS) is 15.4. The minimum absolute atomic E-state index is 0.756. The molecule has 1 aliphatic rings. The minimum atomic E-state index is 0.756. The molecule has 0 bridgehead atoms. The summed E-state index contributed by atoms with van der Waals surface area (Å²) in [5.41, 5.74) is 4.94. The quantitative estimate of drug-likeness (QED) is 0.878. The van der Waals surface area contributed by atoms with E-state index in [9.17, 15) is 0 Å². The van der Waals surface area contributed by atoms with Crippen LogP contribution < -0.4 is 5.32 Å². The standard InChI is InChI=1S/C17H22ClN3/c1-3-8-19-10-13-12-5-4-6-15(18)17(12)20-16-7-9-21(2)11-14(13)16/h4-6,19H,3,7-11H2,1-2H3. The molecule has 0 fully saturated rings. The van der Waals surface area contributed by atoms with Gasteiger partial charge in [0.2, 0.25) is 0 Å². The Labute approximate surface area is 131 Å². The summed E-state index contributed by atoms with van der Waals surface area (Å²) < 4.78 is 0. The second-order valence-corrected chi connectivity index (χ2v) is 6.22. The Balaban J connectivity index is 2.14. The van der Waals surface area contributed by atoms with Crippen molar-refractivity contribution in [3.63, 3.8) is 0 Å². The zero-order valence-electron chi connectivity index (χ0n) is 12.7. The van der Waals surface area contributed by atoms with Gasteiger partial charge in [0.1, 0.15) is 0 Å². The summed E-state index contributed by atoms with van der Waals surface area (Å²) in [4.78, 5) is 7.22. The van der Waals surface area contributed by atoms with E-state index < -0.39 is 0 Å². The van der Waals surface area contributed by atoms with Gasteiger partial charge in [-0.2, -0.15) is 0 Å². The van der Waals surface area contributed by atoms with Crippen molar-refractivity contribution in [3.8, 4) is 0 Å². The van der Waals surface area contributed by atoms with Crippen molar-refractivity contribution < 1.29 is 0 Å². The molecule has 0 unspecified atom stereocenters. The number of fused-ring (bicyclic) bond motifs is 2. The monoisotopic (exact) mass is 303 g/mol. The van der Waals surface area contributed by atoms with Crippen molar-refractivity contribution in [2.75, 3.05) is 20.1 Å². The molecular formula is C17H22ClN3. The lowest BCUT2D eigenvalue weighted by atomic mass is 9.96.